The maximum absolute atomic E-state index is 11.7. The van der Waals surface area contributed by atoms with Gasteiger partial charge in [0.2, 0.25) is 5.91 Å². The standard InChI is InChI=1S/C24H27NO5S.C2H6N4O4S/c1-13-14(2)21-18(15(3)20(13)26)9-10-24(4,30-21)12-29-17-7-5-16(6-8-17)11-19-22(27)25-23(28)31-19;3-1(7)5-11(9,10)6-2(4)8/h5-8,19,26H,9-12H2,1-4H3,(H,25,27,28);(H3,3,5,7)(H3,4,6,8). The van der Waals surface area contributed by atoms with Crippen molar-refractivity contribution in [3.8, 4) is 17.2 Å². The molecule has 0 bridgehead atoms. The lowest BCUT2D eigenvalue weighted by Gasteiger charge is -2.37. The Morgan fingerprint density at radius 2 is 1.69 bits per heavy atom. The summed E-state index contributed by atoms with van der Waals surface area (Å²) in [4.78, 5) is 42.9. The molecule has 2 aromatic rings. The minimum absolute atomic E-state index is 0.230. The molecule has 0 radical (unpaired) electrons. The average molecular weight is 624 g/mol. The smallest absolute Gasteiger partial charge is 0.328 e. The van der Waals surface area contributed by atoms with E-state index in [0.29, 0.717) is 18.8 Å². The highest BCUT2D eigenvalue weighted by Crippen LogP contribution is 2.43. The van der Waals surface area contributed by atoms with E-state index in [1.54, 1.807) is 0 Å². The zero-order valence-corrected chi connectivity index (χ0v) is 25.0. The number of ether oxygens (including phenoxy) is 2. The largest absolute Gasteiger partial charge is 0.507 e. The van der Waals surface area contributed by atoms with Gasteiger partial charge in [-0.15, -0.1) is 0 Å². The minimum atomic E-state index is -4.23. The number of phenolic OH excluding ortho intramolecular Hbond substituents is 1. The molecule has 6 amide bonds. The number of aromatic hydroxyl groups is 1. The van der Waals surface area contributed by atoms with Crippen molar-refractivity contribution in [2.75, 3.05) is 6.61 Å². The Morgan fingerprint density at radius 3 is 2.21 bits per heavy atom. The number of phenols is 1. The van der Waals surface area contributed by atoms with Gasteiger partial charge in [0.05, 0.1) is 5.25 Å². The molecule has 0 aromatic heterocycles. The summed E-state index contributed by atoms with van der Waals surface area (Å²) >= 11 is 1.04. The molecule has 1 fully saturated rings. The number of fused-ring (bicyclic) bond motifs is 1. The van der Waals surface area contributed by atoms with Gasteiger partial charge < -0.3 is 26.0 Å². The Hall–Kier alpha value is -4.18. The first kappa shape index (κ1) is 32.3. The predicted octanol–water partition coefficient (Wildman–Crippen LogP) is 1.94. The maximum Gasteiger partial charge on any atom is 0.328 e. The Morgan fingerprint density at radius 1 is 1.10 bits per heavy atom. The predicted molar refractivity (Wildman–Crippen MR) is 155 cm³/mol. The summed E-state index contributed by atoms with van der Waals surface area (Å²) < 4.78 is 35.8. The third-order valence-electron chi connectivity index (χ3n) is 6.72. The van der Waals surface area contributed by atoms with Crippen LogP contribution >= 0.6 is 11.8 Å². The van der Waals surface area contributed by atoms with Crippen molar-refractivity contribution in [1.82, 2.24) is 14.8 Å². The first-order chi connectivity index (χ1) is 19.5. The fourth-order valence-corrected chi connectivity index (χ4v) is 5.83. The molecule has 2 heterocycles. The van der Waals surface area contributed by atoms with Crippen LogP contribution in [0.1, 0.15) is 41.2 Å². The van der Waals surface area contributed by atoms with Crippen LogP contribution in [-0.2, 0) is 27.8 Å². The van der Waals surface area contributed by atoms with E-state index >= 15 is 0 Å². The molecular formula is C26H33N5O9S2. The van der Waals surface area contributed by atoms with Crippen LogP contribution in [0, 0.1) is 20.8 Å². The second-order valence-electron chi connectivity index (χ2n) is 10.0. The van der Waals surface area contributed by atoms with Crippen LogP contribution in [0.4, 0.5) is 14.4 Å². The number of hydrogen-bond donors (Lipinski definition) is 6. The number of thioether (sulfide) groups is 1. The normalized spacial score (nSPS) is 19.4. The summed E-state index contributed by atoms with van der Waals surface area (Å²) in [5.74, 6) is 1.72. The Balaban J connectivity index is 0.000000375. The zero-order valence-electron chi connectivity index (χ0n) is 23.4. The van der Waals surface area contributed by atoms with Crippen LogP contribution in [-0.4, -0.2) is 54.2 Å². The Labute approximate surface area is 247 Å². The molecular weight excluding hydrogens is 590 g/mol. The van der Waals surface area contributed by atoms with Crippen LogP contribution in [0.25, 0.3) is 0 Å². The molecule has 2 unspecified atom stereocenters. The molecule has 0 spiro atoms. The monoisotopic (exact) mass is 623 g/mol. The summed E-state index contributed by atoms with van der Waals surface area (Å²) in [5.41, 5.74) is 13.2. The number of nitrogens with two attached hydrogens (primary N) is 2. The molecule has 4 rings (SSSR count). The molecule has 0 aliphatic carbocycles. The van der Waals surface area contributed by atoms with Crippen LogP contribution in [0.3, 0.4) is 0 Å². The Kier molecular flexibility index (Phi) is 9.83. The molecule has 2 aromatic carbocycles. The van der Waals surface area contributed by atoms with E-state index < -0.39 is 27.9 Å². The van der Waals surface area contributed by atoms with Crippen molar-refractivity contribution >= 4 is 45.2 Å². The van der Waals surface area contributed by atoms with Gasteiger partial charge in [-0.25, -0.2) is 19.0 Å². The average Bonchev–Trinajstić information content (AvgIpc) is 3.20. The molecule has 8 N–H and O–H groups in total. The van der Waals surface area contributed by atoms with Gasteiger partial charge in [0.1, 0.15) is 29.5 Å². The highest BCUT2D eigenvalue weighted by Gasteiger charge is 2.35. The Bertz CT molecular complexity index is 1490. The van der Waals surface area contributed by atoms with Gasteiger partial charge in [0, 0.05) is 5.56 Å². The van der Waals surface area contributed by atoms with E-state index in [1.807, 2.05) is 52.0 Å². The van der Waals surface area contributed by atoms with Crippen molar-refractivity contribution in [1.29, 1.82) is 0 Å². The van der Waals surface area contributed by atoms with Gasteiger partial charge in [0.15, 0.2) is 0 Å². The molecule has 1 saturated heterocycles. The molecule has 42 heavy (non-hydrogen) atoms. The number of nitrogens with one attached hydrogen (secondary N) is 3. The summed E-state index contributed by atoms with van der Waals surface area (Å²) in [6.45, 7) is 8.28. The van der Waals surface area contributed by atoms with Gasteiger partial charge >= 0.3 is 22.3 Å². The number of carbonyl (C=O) groups excluding carboxylic acids is 4. The quantitative estimate of drug-likeness (QED) is 0.262. The van der Waals surface area contributed by atoms with E-state index in [9.17, 15) is 32.7 Å². The number of carbonyl (C=O) groups is 4. The van der Waals surface area contributed by atoms with E-state index in [2.05, 4.69) is 16.8 Å². The number of primary amides is 2. The first-order valence-electron chi connectivity index (χ1n) is 12.6. The summed E-state index contributed by atoms with van der Waals surface area (Å²) in [7, 11) is -4.23. The topological polar surface area (TPSA) is 229 Å². The van der Waals surface area contributed by atoms with Gasteiger partial charge in [0.25, 0.3) is 5.24 Å². The van der Waals surface area contributed by atoms with Crippen LogP contribution < -0.4 is 35.7 Å². The third kappa shape index (κ3) is 8.19. The molecule has 0 saturated carbocycles. The van der Waals surface area contributed by atoms with E-state index in [-0.39, 0.29) is 16.4 Å². The molecule has 2 aliphatic rings. The first-order valence-corrected chi connectivity index (χ1v) is 15.0. The highest BCUT2D eigenvalue weighted by molar-refractivity contribution is 8.15. The van der Waals surface area contributed by atoms with Crippen molar-refractivity contribution in [3.05, 3.63) is 52.1 Å². The highest BCUT2D eigenvalue weighted by atomic mass is 32.2. The van der Waals surface area contributed by atoms with Crippen molar-refractivity contribution < 1.29 is 42.2 Å². The van der Waals surface area contributed by atoms with Crippen molar-refractivity contribution in [2.24, 2.45) is 11.5 Å². The van der Waals surface area contributed by atoms with Crippen LogP contribution in [0.5, 0.6) is 17.2 Å². The van der Waals surface area contributed by atoms with Gasteiger partial charge in [-0.3, -0.25) is 14.9 Å². The number of hydrogen-bond acceptors (Lipinski definition) is 10. The van der Waals surface area contributed by atoms with Gasteiger partial charge in [-0.05, 0) is 81.3 Å². The lowest BCUT2D eigenvalue weighted by molar-refractivity contribution is -0.118. The van der Waals surface area contributed by atoms with Gasteiger partial charge in [-0.2, -0.15) is 8.42 Å². The summed E-state index contributed by atoms with van der Waals surface area (Å²) in [5, 5.41) is 12.0. The zero-order chi connectivity index (χ0) is 31.4. The second kappa shape index (κ2) is 12.8. The summed E-state index contributed by atoms with van der Waals surface area (Å²) in [6.07, 6.45) is 2.13. The lowest BCUT2D eigenvalue weighted by atomic mass is 9.87. The number of amides is 6. The fraction of sp³-hybridized carbons (Fsp3) is 0.385. The number of imide groups is 1. The number of rotatable bonds is 7. The van der Waals surface area contributed by atoms with E-state index in [4.69, 9.17) is 9.47 Å². The van der Waals surface area contributed by atoms with Gasteiger partial charge in [-0.1, -0.05) is 23.9 Å². The van der Waals surface area contributed by atoms with Crippen LogP contribution in [0.2, 0.25) is 0 Å². The SMILES string of the molecule is Cc1c(C)c2c(c(C)c1O)CCC(C)(COc1ccc(CC3SC(=O)NC3=O)cc1)O2.NC(=O)NS(=O)(=O)NC(N)=O. The van der Waals surface area contributed by atoms with Crippen molar-refractivity contribution in [3.63, 3.8) is 0 Å². The number of urea groups is 2. The fourth-order valence-electron chi connectivity index (χ4n) is 4.39. The van der Waals surface area contributed by atoms with Crippen molar-refractivity contribution in [2.45, 2.75) is 57.8 Å². The van der Waals surface area contributed by atoms with E-state index in [1.165, 1.54) is 9.44 Å². The lowest BCUT2D eigenvalue weighted by Crippen LogP contribution is -2.46. The van der Waals surface area contributed by atoms with E-state index in [0.717, 1.165) is 63.9 Å². The third-order valence-corrected chi connectivity index (χ3v) is 8.64. The number of benzene rings is 2. The minimum Gasteiger partial charge on any atom is -0.507 e. The second-order valence-corrected chi connectivity index (χ2v) is 12.6. The molecule has 14 nitrogen and oxygen atoms in total. The molecule has 2 aliphatic heterocycles. The molecule has 2 atom stereocenters. The maximum atomic E-state index is 11.7. The molecule has 228 valence electrons. The summed E-state index contributed by atoms with van der Waals surface area (Å²) in [6, 6.07) is 4.99. The van der Waals surface area contributed by atoms with Crippen LogP contribution in [0.15, 0.2) is 24.3 Å². The molecule has 16 heteroatoms.